The molecule has 164 valence electrons. The fourth-order valence-corrected chi connectivity index (χ4v) is 8.76. The lowest BCUT2D eigenvalue weighted by Gasteiger charge is -2.51. The molecule has 1 aliphatic carbocycles. The summed E-state index contributed by atoms with van der Waals surface area (Å²) in [5, 5.41) is 11.2. The van der Waals surface area contributed by atoms with Crippen molar-refractivity contribution in [2.24, 2.45) is 11.8 Å². The maximum atomic E-state index is 12.5. The number of piperidine rings is 1. The Labute approximate surface area is 201 Å². The van der Waals surface area contributed by atoms with Gasteiger partial charge in [-0.05, 0) is 54.2 Å². The first-order valence-corrected chi connectivity index (χ1v) is 13.0. The second-order valence-electron chi connectivity index (χ2n) is 9.75. The van der Waals surface area contributed by atoms with E-state index in [-0.39, 0.29) is 28.8 Å². The smallest absolute Gasteiger partial charge is 0.321 e. The molecule has 6 unspecified atom stereocenters. The Morgan fingerprint density at radius 1 is 1.19 bits per heavy atom. The maximum Gasteiger partial charge on any atom is 0.321 e. The molecular weight excluding hydrogens is 494 g/mol. The van der Waals surface area contributed by atoms with E-state index >= 15 is 0 Å². The van der Waals surface area contributed by atoms with Crippen LogP contribution in [0.5, 0.6) is 0 Å². The molecule has 0 spiro atoms. The van der Waals surface area contributed by atoms with E-state index in [0.29, 0.717) is 5.92 Å². The molecule has 6 heteroatoms. The number of fused-ring (bicyclic) bond motifs is 3. The van der Waals surface area contributed by atoms with Crippen molar-refractivity contribution < 1.29 is 9.90 Å². The quantitative estimate of drug-likeness (QED) is 0.484. The third kappa shape index (κ3) is 3.14. The van der Waals surface area contributed by atoms with Gasteiger partial charge < -0.3 is 5.11 Å². The number of thioether (sulfide) groups is 1. The van der Waals surface area contributed by atoms with Gasteiger partial charge in [-0.15, -0.1) is 11.8 Å². The van der Waals surface area contributed by atoms with Crippen LogP contribution in [0.2, 0.25) is 5.02 Å². The molecule has 0 aromatic heterocycles. The van der Waals surface area contributed by atoms with E-state index < -0.39 is 10.7 Å². The highest BCUT2D eigenvalue weighted by Crippen LogP contribution is 2.72. The topological polar surface area (TPSA) is 40.5 Å². The normalized spacial score (nSPS) is 36.8. The molecule has 5 rings (SSSR count). The fourth-order valence-electron chi connectivity index (χ4n) is 6.31. The minimum atomic E-state index is -0.672. The number of rotatable bonds is 4. The minimum Gasteiger partial charge on any atom is -0.480 e. The molecule has 2 heterocycles. The van der Waals surface area contributed by atoms with Crippen LogP contribution in [0.15, 0.2) is 53.0 Å². The van der Waals surface area contributed by atoms with Crippen LogP contribution < -0.4 is 0 Å². The van der Waals surface area contributed by atoms with E-state index in [4.69, 9.17) is 11.6 Å². The SMILES string of the molecule is CC(C)C1C2N3C(CCC(C)(c4ccc(Br)cc4)C3c3ccc(Cl)cc3)SC12C(=O)O. The highest BCUT2D eigenvalue weighted by molar-refractivity contribution is 9.10. The molecule has 3 fully saturated rings. The average molecular weight is 521 g/mol. The number of carboxylic acids is 1. The summed E-state index contributed by atoms with van der Waals surface area (Å²) >= 11 is 11.5. The molecule has 0 bridgehead atoms. The summed E-state index contributed by atoms with van der Waals surface area (Å²) in [6.45, 7) is 6.68. The van der Waals surface area contributed by atoms with E-state index in [1.54, 1.807) is 11.8 Å². The van der Waals surface area contributed by atoms with E-state index in [9.17, 15) is 9.90 Å². The average Bonchev–Trinajstić information content (AvgIpc) is 3.29. The van der Waals surface area contributed by atoms with Crippen LogP contribution in [0.4, 0.5) is 0 Å². The zero-order valence-electron chi connectivity index (χ0n) is 17.9. The van der Waals surface area contributed by atoms with E-state index in [0.717, 1.165) is 22.3 Å². The molecule has 2 aliphatic heterocycles. The van der Waals surface area contributed by atoms with Crippen molar-refractivity contribution in [2.75, 3.05) is 0 Å². The van der Waals surface area contributed by atoms with Crippen molar-refractivity contribution >= 4 is 45.3 Å². The van der Waals surface area contributed by atoms with Crippen molar-refractivity contribution in [3.05, 3.63) is 69.2 Å². The zero-order valence-corrected chi connectivity index (χ0v) is 21.0. The summed E-state index contributed by atoms with van der Waals surface area (Å²) < 4.78 is 0.398. The van der Waals surface area contributed by atoms with Crippen LogP contribution in [0.3, 0.4) is 0 Å². The van der Waals surface area contributed by atoms with Crippen LogP contribution in [-0.4, -0.2) is 32.1 Å². The van der Waals surface area contributed by atoms with Gasteiger partial charge in [0.1, 0.15) is 4.75 Å². The van der Waals surface area contributed by atoms with Crippen LogP contribution in [0.1, 0.15) is 50.8 Å². The van der Waals surface area contributed by atoms with Gasteiger partial charge in [0.25, 0.3) is 0 Å². The summed E-state index contributed by atoms with van der Waals surface area (Å²) in [6, 6.07) is 17.0. The number of halogens is 2. The molecule has 31 heavy (non-hydrogen) atoms. The Hall–Kier alpha value is -1.01. The molecule has 1 N–H and O–H groups in total. The monoisotopic (exact) mass is 519 g/mol. The lowest BCUT2D eigenvalue weighted by atomic mass is 9.67. The van der Waals surface area contributed by atoms with Gasteiger partial charge in [0.05, 0.1) is 5.37 Å². The minimum absolute atomic E-state index is 0.0655. The summed E-state index contributed by atoms with van der Waals surface area (Å²) in [7, 11) is 0. The van der Waals surface area contributed by atoms with Crippen molar-refractivity contribution in [1.29, 1.82) is 0 Å². The van der Waals surface area contributed by atoms with Gasteiger partial charge in [-0.25, -0.2) is 0 Å². The largest absolute Gasteiger partial charge is 0.480 e. The van der Waals surface area contributed by atoms with Crippen molar-refractivity contribution in [3.8, 4) is 0 Å². The molecule has 2 saturated heterocycles. The number of nitrogens with zero attached hydrogens (tertiary/aromatic N) is 1. The molecule has 3 aliphatic rings. The number of aliphatic carboxylic acids is 1. The molecule has 2 aromatic rings. The molecular formula is C25H27BrClNO2S. The van der Waals surface area contributed by atoms with Gasteiger partial charge in [-0.3, -0.25) is 9.69 Å². The Bertz CT molecular complexity index is 1010. The predicted octanol–water partition coefficient (Wildman–Crippen LogP) is 6.75. The van der Waals surface area contributed by atoms with Crippen molar-refractivity contribution in [3.63, 3.8) is 0 Å². The first-order valence-electron chi connectivity index (χ1n) is 10.9. The van der Waals surface area contributed by atoms with E-state index in [1.807, 2.05) is 12.1 Å². The number of hydrogen-bond acceptors (Lipinski definition) is 3. The number of hydrogen-bond donors (Lipinski definition) is 1. The summed E-state index contributed by atoms with van der Waals surface area (Å²) in [5.74, 6) is -0.134. The molecule has 6 atom stereocenters. The standard InChI is InChI=1S/C25H27BrClNO2S/c1-14(2)20-22-25(20,23(29)30)31-19-12-13-24(3,16-6-8-17(26)9-7-16)21(28(19)22)15-4-10-18(27)11-5-15/h4-11,14,19-22H,12-13H2,1-3H3,(H,29,30). The van der Waals surface area contributed by atoms with Crippen molar-refractivity contribution in [1.82, 2.24) is 4.90 Å². The van der Waals surface area contributed by atoms with Crippen LogP contribution in [-0.2, 0) is 10.2 Å². The number of carboxylic acid groups (broad SMARTS) is 1. The van der Waals surface area contributed by atoms with Gasteiger partial charge in [-0.1, -0.05) is 72.6 Å². The van der Waals surface area contributed by atoms with Gasteiger partial charge in [0, 0.05) is 32.9 Å². The summed E-state index contributed by atoms with van der Waals surface area (Å²) in [6.07, 6.45) is 2.02. The zero-order chi connectivity index (χ0) is 22.1. The Morgan fingerprint density at radius 3 is 2.42 bits per heavy atom. The highest BCUT2D eigenvalue weighted by atomic mass is 79.9. The Morgan fingerprint density at radius 2 is 1.84 bits per heavy atom. The third-order valence-electron chi connectivity index (χ3n) is 7.70. The number of benzene rings is 2. The van der Waals surface area contributed by atoms with Crippen molar-refractivity contribution in [2.45, 2.75) is 61.2 Å². The Kier molecular flexibility index (Phi) is 5.29. The molecule has 1 saturated carbocycles. The van der Waals surface area contributed by atoms with Gasteiger partial charge in [0.2, 0.25) is 0 Å². The van der Waals surface area contributed by atoms with Gasteiger partial charge in [0.15, 0.2) is 0 Å². The van der Waals surface area contributed by atoms with Crippen LogP contribution in [0.25, 0.3) is 0 Å². The van der Waals surface area contributed by atoms with Crippen LogP contribution >= 0.6 is 39.3 Å². The molecule has 0 radical (unpaired) electrons. The Balaban J connectivity index is 1.65. The number of carbonyl (C=O) groups is 1. The first-order chi connectivity index (χ1) is 14.7. The third-order valence-corrected chi connectivity index (χ3v) is 10.3. The van der Waals surface area contributed by atoms with Crippen LogP contribution in [0, 0.1) is 11.8 Å². The van der Waals surface area contributed by atoms with E-state index in [2.05, 4.69) is 78.0 Å². The highest BCUT2D eigenvalue weighted by Gasteiger charge is 2.80. The van der Waals surface area contributed by atoms with Gasteiger partial charge in [-0.2, -0.15) is 0 Å². The first kappa shape index (κ1) is 21.8. The lowest BCUT2D eigenvalue weighted by Crippen LogP contribution is -2.51. The lowest BCUT2D eigenvalue weighted by molar-refractivity contribution is -0.137. The maximum absolute atomic E-state index is 12.5. The van der Waals surface area contributed by atoms with E-state index in [1.165, 1.54) is 11.1 Å². The summed E-state index contributed by atoms with van der Waals surface area (Å²) in [4.78, 5) is 15.1. The second kappa shape index (κ2) is 7.51. The molecule has 3 nitrogen and oxygen atoms in total. The second-order valence-corrected chi connectivity index (χ2v) is 12.6. The fraction of sp³-hybridized carbons (Fsp3) is 0.480. The van der Waals surface area contributed by atoms with Gasteiger partial charge >= 0.3 is 5.97 Å². The predicted molar refractivity (Wildman–Crippen MR) is 131 cm³/mol. The summed E-state index contributed by atoms with van der Waals surface area (Å²) in [5.41, 5.74) is 2.40. The molecule has 0 amide bonds. The molecule has 2 aromatic carbocycles.